The first-order chi connectivity index (χ1) is 5.20. The number of hydrogen-bond acceptors (Lipinski definition) is 2. The third kappa shape index (κ3) is 1.89. The minimum Gasteiger partial charge on any atom is -0.481 e. The molecule has 4 heteroatoms. The van der Waals surface area contributed by atoms with Crippen molar-refractivity contribution in [1.29, 1.82) is 0 Å². The highest BCUT2D eigenvalue weighted by molar-refractivity contribution is 5.66. The third-order valence-electron chi connectivity index (χ3n) is 1.01. The minimum atomic E-state index is -1.13. The average molecular weight is 141 g/mol. The SMILES string of the molecule is [2H]C(Cn1cccn1)C(=O)O. The van der Waals surface area contributed by atoms with Gasteiger partial charge in [0.1, 0.15) is 0 Å². The number of aliphatic carboxylic acids is 1. The molecule has 0 amide bonds. The Labute approximate surface area is 59.5 Å². The Morgan fingerprint density at radius 2 is 2.70 bits per heavy atom. The van der Waals surface area contributed by atoms with E-state index in [1.807, 2.05) is 0 Å². The second-order valence-electron chi connectivity index (χ2n) is 1.77. The van der Waals surface area contributed by atoms with Gasteiger partial charge in [0.05, 0.1) is 12.9 Å². The van der Waals surface area contributed by atoms with Crippen LogP contribution in [0.5, 0.6) is 0 Å². The first-order valence-electron chi connectivity index (χ1n) is 3.40. The molecule has 54 valence electrons. The summed E-state index contributed by atoms with van der Waals surface area (Å²) in [6, 6.07) is 1.69. The van der Waals surface area contributed by atoms with Crippen molar-refractivity contribution >= 4 is 5.97 Å². The number of carbonyl (C=O) groups is 1. The second kappa shape index (κ2) is 3.00. The van der Waals surface area contributed by atoms with Crippen molar-refractivity contribution in [1.82, 2.24) is 9.78 Å². The molecule has 1 atom stereocenters. The fourth-order valence-electron chi connectivity index (χ4n) is 0.580. The molecule has 4 nitrogen and oxygen atoms in total. The zero-order chi connectivity index (χ0) is 8.27. The van der Waals surface area contributed by atoms with Crippen LogP contribution in [-0.2, 0) is 11.3 Å². The molecule has 0 aliphatic rings. The molecule has 10 heavy (non-hydrogen) atoms. The summed E-state index contributed by atoms with van der Waals surface area (Å²) in [7, 11) is 0. The largest absolute Gasteiger partial charge is 0.481 e. The van der Waals surface area contributed by atoms with E-state index in [1.165, 1.54) is 4.68 Å². The van der Waals surface area contributed by atoms with Gasteiger partial charge in [-0.1, -0.05) is 0 Å². The third-order valence-corrected chi connectivity index (χ3v) is 1.01. The van der Waals surface area contributed by atoms with Crippen LogP contribution in [0.25, 0.3) is 0 Å². The van der Waals surface area contributed by atoms with E-state index in [2.05, 4.69) is 5.10 Å². The fourth-order valence-corrected chi connectivity index (χ4v) is 0.580. The van der Waals surface area contributed by atoms with Crippen molar-refractivity contribution < 1.29 is 11.3 Å². The van der Waals surface area contributed by atoms with Crippen LogP contribution in [0.2, 0.25) is 0 Å². The zero-order valence-electron chi connectivity index (χ0n) is 6.27. The molecule has 1 N–H and O–H groups in total. The lowest BCUT2D eigenvalue weighted by molar-refractivity contribution is -0.137. The lowest BCUT2D eigenvalue weighted by atomic mass is 10.4. The van der Waals surface area contributed by atoms with Gasteiger partial charge in [-0.3, -0.25) is 9.48 Å². The Bertz CT molecular complexity index is 235. The number of carboxylic acid groups (broad SMARTS) is 1. The molecule has 0 aliphatic carbocycles. The summed E-state index contributed by atoms with van der Waals surface area (Å²) in [4.78, 5) is 10.2. The molecule has 0 aromatic carbocycles. The topological polar surface area (TPSA) is 55.1 Å². The molecule has 0 saturated carbocycles. The van der Waals surface area contributed by atoms with Crippen LogP contribution in [0.4, 0.5) is 0 Å². The highest BCUT2D eigenvalue weighted by Crippen LogP contribution is 1.87. The normalized spacial score (nSPS) is 14.2. The van der Waals surface area contributed by atoms with E-state index in [0.29, 0.717) is 0 Å². The van der Waals surface area contributed by atoms with Gasteiger partial charge in [0.25, 0.3) is 0 Å². The Morgan fingerprint density at radius 3 is 3.20 bits per heavy atom. The number of hydrogen-bond donors (Lipinski definition) is 1. The number of aryl methyl sites for hydroxylation is 1. The highest BCUT2D eigenvalue weighted by Gasteiger charge is 1.95. The first kappa shape index (κ1) is 5.46. The van der Waals surface area contributed by atoms with Gasteiger partial charge in [-0.05, 0) is 6.07 Å². The molecule has 1 rings (SSSR count). The van der Waals surface area contributed by atoms with Gasteiger partial charge in [-0.2, -0.15) is 5.10 Å². The van der Waals surface area contributed by atoms with Gasteiger partial charge in [-0.15, -0.1) is 0 Å². The average Bonchev–Trinajstić information content (AvgIpc) is 2.39. The maximum Gasteiger partial charge on any atom is 0.305 e. The van der Waals surface area contributed by atoms with E-state index >= 15 is 0 Å². The summed E-state index contributed by atoms with van der Waals surface area (Å²) in [5.41, 5.74) is 0. The van der Waals surface area contributed by atoms with Crippen LogP contribution in [0, 0.1) is 0 Å². The van der Waals surface area contributed by atoms with Crippen molar-refractivity contribution in [3.63, 3.8) is 0 Å². The fraction of sp³-hybridized carbons (Fsp3) is 0.333. The standard InChI is InChI=1S/C6H8N2O2/c9-6(10)2-5-8-4-1-3-7-8/h1,3-4H,2,5H2,(H,9,10)/i2D. The van der Waals surface area contributed by atoms with Crippen LogP contribution in [0.1, 0.15) is 7.77 Å². The predicted molar refractivity (Wildman–Crippen MR) is 34.5 cm³/mol. The van der Waals surface area contributed by atoms with Crippen LogP contribution >= 0.6 is 0 Å². The van der Waals surface area contributed by atoms with Gasteiger partial charge >= 0.3 is 5.97 Å². The van der Waals surface area contributed by atoms with Gasteiger partial charge in [0, 0.05) is 13.8 Å². The van der Waals surface area contributed by atoms with Gasteiger partial charge in [0.15, 0.2) is 0 Å². The van der Waals surface area contributed by atoms with E-state index in [0.717, 1.165) is 0 Å². The summed E-state index contributed by atoms with van der Waals surface area (Å²) in [6.45, 7) is 0.0995. The molecule has 1 heterocycles. The molecule has 0 spiro atoms. The number of carboxylic acids is 1. The number of aromatic nitrogens is 2. The smallest absolute Gasteiger partial charge is 0.305 e. The van der Waals surface area contributed by atoms with Crippen LogP contribution < -0.4 is 0 Å². The summed E-state index contributed by atoms with van der Waals surface area (Å²) in [5.74, 6) is -1.12. The van der Waals surface area contributed by atoms with Crippen LogP contribution in [-0.4, -0.2) is 20.9 Å². The maximum absolute atomic E-state index is 10.2. The summed E-state index contributed by atoms with van der Waals surface area (Å²) in [5, 5.41) is 12.1. The molecule has 1 aromatic rings. The molecular formula is C6H8N2O2. The Hall–Kier alpha value is -1.32. The van der Waals surface area contributed by atoms with E-state index in [1.54, 1.807) is 18.5 Å². The lowest BCUT2D eigenvalue weighted by Gasteiger charge is -1.94. The van der Waals surface area contributed by atoms with Crippen molar-refractivity contribution in [2.75, 3.05) is 0 Å². The molecule has 0 saturated heterocycles. The van der Waals surface area contributed by atoms with Crippen molar-refractivity contribution in [3.05, 3.63) is 18.5 Å². The minimum absolute atomic E-state index is 0.0995. The molecule has 0 bridgehead atoms. The maximum atomic E-state index is 10.2. The molecule has 0 aliphatic heterocycles. The monoisotopic (exact) mass is 141 g/mol. The molecule has 0 radical (unpaired) electrons. The Balaban J connectivity index is 2.50. The van der Waals surface area contributed by atoms with Gasteiger partial charge < -0.3 is 5.11 Å². The summed E-state index contributed by atoms with van der Waals surface area (Å²) < 4.78 is 8.46. The summed E-state index contributed by atoms with van der Waals surface area (Å²) >= 11 is 0. The molecular weight excluding hydrogens is 132 g/mol. The molecule has 1 unspecified atom stereocenters. The van der Waals surface area contributed by atoms with E-state index in [-0.39, 0.29) is 6.54 Å². The van der Waals surface area contributed by atoms with Crippen LogP contribution in [0.3, 0.4) is 0 Å². The molecule has 1 aromatic heterocycles. The number of rotatable bonds is 3. The molecule has 0 fully saturated rings. The van der Waals surface area contributed by atoms with Gasteiger partial charge in [-0.25, -0.2) is 0 Å². The lowest BCUT2D eigenvalue weighted by Crippen LogP contribution is -2.04. The van der Waals surface area contributed by atoms with Gasteiger partial charge in [0.2, 0.25) is 0 Å². The van der Waals surface area contributed by atoms with Crippen LogP contribution in [0.15, 0.2) is 18.5 Å². The van der Waals surface area contributed by atoms with Crippen molar-refractivity contribution in [2.45, 2.75) is 12.9 Å². The van der Waals surface area contributed by atoms with E-state index < -0.39 is 12.4 Å². The zero-order valence-corrected chi connectivity index (χ0v) is 5.27. The second-order valence-corrected chi connectivity index (χ2v) is 1.77. The first-order valence-corrected chi connectivity index (χ1v) is 2.82. The Kier molecular flexibility index (Phi) is 1.64. The predicted octanol–water partition coefficient (Wildman–Crippen LogP) is 0.358. The van der Waals surface area contributed by atoms with E-state index in [4.69, 9.17) is 6.48 Å². The highest BCUT2D eigenvalue weighted by atomic mass is 16.4. The van der Waals surface area contributed by atoms with Crippen molar-refractivity contribution in [2.24, 2.45) is 0 Å². The number of nitrogens with zero attached hydrogens (tertiary/aromatic N) is 2. The Morgan fingerprint density at radius 1 is 1.90 bits per heavy atom. The van der Waals surface area contributed by atoms with E-state index in [9.17, 15) is 4.79 Å². The quantitative estimate of drug-likeness (QED) is 0.661. The summed E-state index contributed by atoms with van der Waals surface area (Å²) in [6.07, 6.45) is 2.05. The van der Waals surface area contributed by atoms with Crippen molar-refractivity contribution in [3.8, 4) is 0 Å².